The van der Waals surface area contributed by atoms with Crippen molar-refractivity contribution in [1.82, 2.24) is 9.97 Å². The molecule has 2 aromatic carbocycles. The highest BCUT2D eigenvalue weighted by molar-refractivity contribution is 7.15. The largest absolute Gasteiger partial charge is 0.416 e. The Labute approximate surface area is 215 Å². The molecule has 2 aromatic heterocycles. The van der Waals surface area contributed by atoms with Crippen LogP contribution in [0.2, 0.25) is 5.02 Å². The molecule has 9 heteroatoms. The Kier molecular flexibility index (Phi) is 6.74. The van der Waals surface area contributed by atoms with Crippen molar-refractivity contribution in [3.05, 3.63) is 111 Å². The van der Waals surface area contributed by atoms with Crippen molar-refractivity contribution in [3.8, 4) is 0 Å². The lowest BCUT2D eigenvalue weighted by Crippen LogP contribution is -2.40. The molecule has 0 aliphatic heterocycles. The second-order valence-corrected chi connectivity index (χ2v) is 10.4. The molecule has 5 rings (SSSR count). The van der Waals surface area contributed by atoms with Gasteiger partial charge in [-0.2, -0.15) is 13.2 Å². The average Bonchev–Trinajstić information content (AvgIpc) is 3.26. The zero-order chi connectivity index (χ0) is 25.3. The third kappa shape index (κ3) is 5.11. The normalized spacial score (nSPS) is 15.2. The van der Waals surface area contributed by atoms with Crippen LogP contribution in [0.1, 0.15) is 45.8 Å². The van der Waals surface area contributed by atoms with Crippen molar-refractivity contribution < 1.29 is 17.6 Å². The van der Waals surface area contributed by atoms with Crippen molar-refractivity contribution in [3.63, 3.8) is 0 Å². The second-order valence-electron chi connectivity index (χ2n) is 8.88. The van der Waals surface area contributed by atoms with Crippen LogP contribution >= 0.6 is 22.9 Å². The molecule has 0 saturated carbocycles. The quantitative estimate of drug-likeness (QED) is 0.258. The number of benzene rings is 2. The number of halogens is 5. The molecule has 0 radical (unpaired) electrons. The number of nitrogens with zero attached hydrogens (tertiary/aromatic N) is 2. The summed E-state index contributed by atoms with van der Waals surface area (Å²) in [6, 6.07) is 15.2. The molecule has 1 aliphatic carbocycles. The highest BCUT2D eigenvalue weighted by Crippen LogP contribution is 2.41. The van der Waals surface area contributed by atoms with Crippen LogP contribution in [-0.4, -0.2) is 9.97 Å². The molecule has 1 aliphatic rings. The van der Waals surface area contributed by atoms with E-state index in [-0.39, 0.29) is 12.0 Å². The van der Waals surface area contributed by atoms with Crippen molar-refractivity contribution >= 4 is 28.1 Å². The number of pyridine rings is 1. The first-order valence-electron chi connectivity index (χ1n) is 11.5. The van der Waals surface area contributed by atoms with E-state index < -0.39 is 23.1 Å². The fraction of sp³-hybridized carbons (Fsp3) is 0.259. The minimum Gasteiger partial charge on any atom is -0.346 e. The highest BCUT2D eigenvalue weighted by Gasteiger charge is 2.40. The van der Waals surface area contributed by atoms with Crippen LogP contribution in [0, 0.1) is 5.82 Å². The van der Waals surface area contributed by atoms with E-state index in [1.165, 1.54) is 17.5 Å². The summed E-state index contributed by atoms with van der Waals surface area (Å²) in [4.78, 5) is 10.4. The maximum absolute atomic E-state index is 14.7. The standard InChI is InChI=1S/C27H22ClF4N3S/c28-20-10-11-24(33-16-20)26(15-17-6-2-1-3-7-17,18-12-19(27(30,31)32)14-21(29)13-18)35-25-34-22-8-4-5-9-23(22)36-25/h1-3,6-7,10-14,16H,4-5,8-9,15H2,(H,34,35)/t26-/m1/s1. The smallest absolute Gasteiger partial charge is 0.346 e. The lowest BCUT2D eigenvalue weighted by atomic mass is 9.80. The van der Waals surface area contributed by atoms with Gasteiger partial charge in [-0.15, -0.1) is 11.3 Å². The molecule has 36 heavy (non-hydrogen) atoms. The lowest BCUT2D eigenvalue weighted by molar-refractivity contribution is -0.137. The number of anilines is 1. The van der Waals surface area contributed by atoms with Crippen LogP contribution in [0.15, 0.2) is 66.9 Å². The van der Waals surface area contributed by atoms with Gasteiger partial charge in [0.15, 0.2) is 5.13 Å². The van der Waals surface area contributed by atoms with E-state index in [0.717, 1.165) is 54.0 Å². The third-order valence-electron chi connectivity index (χ3n) is 6.36. The van der Waals surface area contributed by atoms with Gasteiger partial charge < -0.3 is 5.32 Å². The Hall–Kier alpha value is -2.97. The molecule has 2 heterocycles. The van der Waals surface area contributed by atoms with Crippen molar-refractivity contribution in [2.45, 2.75) is 43.8 Å². The minimum atomic E-state index is -4.72. The summed E-state index contributed by atoms with van der Waals surface area (Å²) in [5, 5.41) is 4.37. The molecular formula is C27H22ClF4N3S. The Morgan fingerprint density at radius 1 is 0.944 bits per heavy atom. The van der Waals surface area contributed by atoms with Gasteiger partial charge in [-0.05, 0) is 67.1 Å². The Bertz CT molecular complexity index is 1330. The number of hydrogen-bond acceptors (Lipinski definition) is 4. The molecule has 0 fully saturated rings. The topological polar surface area (TPSA) is 37.8 Å². The molecule has 0 bridgehead atoms. The van der Waals surface area contributed by atoms with E-state index in [2.05, 4.69) is 10.3 Å². The molecule has 0 spiro atoms. The maximum atomic E-state index is 14.7. The SMILES string of the molecule is Fc1cc(C(F)(F)F)cc([C@@](Cc2ccccc2)(Nc2nc3c(s2)CCCC3)c2ccc(Cl)cn2)c1. The lowest BCUT2D eigenvalue weighted by Gasteiger charge is -2.36. The summed E-state index contributed by atoms with van der Waals surface area (Å²) < 4.78 is 56.1. The zero-order valence-electron chi connectivity index (χ0n) is 19.1. The Balaban J connectivity index is 1.74. The molecule has 4 aromatic rings. The molecule has 1 N–H and O–H groups in total. The van der Waals surface area contributed by atoms with Gasteiger partial charge in [-0.1, -0.05) is 41.9 Å². The third-order valence-corrected chi connectivity index (χ3v) is 7.66. The number of fused-ring (bicyclic) bond motifs is 1. The van der Waals surface area contributed by atoms with Crippen LogP contribution in [0.3, 0.4) is 0 Å². The predicted octanol–water partition coefficient (Wildman–Crippen LogP) is 7.83. The predicted molar refractivity (Wildman–Crippen MR) is 134 cm³/mol. The molecule has 1 atom stereocenters. The molecule has 0 amide bonds. The van der Waals surface area contributed by atoms with Crippen LogP contribution in [0.25, 0.3) is 0 Å². The Morgan fingerprint density at radius 3 is 2.39 bits per heavy atom. The number of nitrogens with one attached hydrogen (secondary N) is 1. The monoisotopic (exact) mass is 531 g/mol. The van der Waals surface area contributed by atoms with Crippen molar-refractivity contribution in [2.75, 3.05) is 5.32 Å². The summed E-state index contributed by atoms with van der Waals surface area (Å²) >= 11 is 7.59. The summed E-state index contributed by atoms with van der Waals surface area (Å²) in [6.45, 7) is 0. The van der Waals surface area contributed by atoms with E-state index in [9.17, 15) is 17.6 Å². The minimum absolute atomic E-state index is 0.0988. The van der Waals surface area contributed by atoms with Gasteiger partial charge in [-0.25, -0.2) is 9.37 Å². The summed E-state index contributed by atoms with van der Waals surface area (Å²) in [5.74, 6) is -0.980. The zero-order valence-corrected chi connectivity index (χ0v) is 20.7. The van der Waals surface area contributed by atoms with Crippen molar-refractivity contribution in [1.29, 1.82) is 0 Å². The van der Waals surface area contributed by atoms with Gasteiger partial charge in [0.2, 0.25) is 0 Å². The van der Waals surface area contributed by atoms with E-state index in [1.54, 1.807) is 12.1 Å². The van der Waals surface area contributed by atoms with Gasteiger partial charge in [0.1, 0.15) is 11.4 Å². The number of hydrogen-bond donors (Lipinski definition) is 1. The van der Waals surface area contributed by atoms with E-state index >= 15 is 0 Å². The van der Waals surface area contributed by atoms with E-state index in [1.807, 2.05) is 30.3 Å². The van der Waals surface area contributed by atoms with Crippen LogP contribution < -0.4 is 5.32 Å². The fourth-order valence-corrected chi connectivity index (χ4v) is 5.88. The Morgan fingerprint density at radius 2 is 1.69 bits per heavy atom. The van der Waals surface area contributed by atoms with Gasteiger partial charge in [-0.3, -0.25) is 4.98 Å². The molecular weight excluding hydrogens is 510 g/mol. The fourth-order valence-electron chi connectivity index (χ4n) is 4.64. The van der Waals surface area contributed by atoms with Crippen LogP contribution in [-0.2, 0) is 31.0 Å². The summed E-state index contributed by atoms with van der Waals surface area (Å²) in [5.41, 5.74) is -0.0786. The van der Waals surface area contributed by atoms with Gasteiger partial charge >= 0.3 is 6.18 Å². The molecule has 186 valence electrons. The van der Waals surface area contributed by atoms with Crippen LogP contribution in [0.4, 0.5) is 22.7 Å². The highest BCUT2D eigenvalue weighted by atomic mass is 35.5. The number of aromatic nitrogens is 2. The van der Waals surface area contributed by atoms with Crippen molar-refractivity contribution in [2.24, 2.45) is 0 Å². The summed E-state index contributed by atoms with van der Waals surface area (Å²) in [7, 11) is 0. The van der Waals surface area contributed by atoms with Gasteiger partial charge in [0, 0.05) is 17.5 Å². The van der Waals surface area contributed by atoms with E-state index in [4.69, 9.17) is 16.6 Å². The average molecular weight is 532 g/mol. The van der Waals surface area contributed by atoms with Gasteiger partial charge in [0.25, 0.3) is 0 Å². The molecule has 3 nitrogen and oxygen atoms in total. The van der Waals surface area contributed by atoms with E-state index in [0.29, 0.717) is 21.9 Å². The number of rotatable bonds is 6. The first-order valence-corrected chi connectivity index (χ1v) is 12.7. The maximum Gasteiger partial charge on any atom is 0.416 e. The first kappa shape index (κ1) is 24.7. The molecule has 0 unspecified atom stereocenters. The second kappa shape index (κ2) is 9.82. The number of aryl methyl sites for hydroxylation is 2. The van der Waals surface area contributed by atoms with Crippen LogP contribution in [0.5, 0.6) is 0 Å². The number of alkyl halides is 3. The first-order chi connectivity index (χ1) is 17.2. The molecule has 0 saturated heterocycles. The number of thiazole rings is 1. The summed E-state index contributed by atoms with van der Waals surface area (Å²) in [6.07, 6.45) is 0.810. The van der Waals surface area contributed by atoms with Gasteiger partial charge in [0.05, 0.1) is 22.0 Å².